The van der Waals surface area contributed by atoms with Crippen molar-refractivity contribution in [3.05, 3.63) is 66.4 Å². The molecule has 1 heterocycles. The number of nitrogens with two attached hydrogens (primary N) is 1. The quantitative estimate of drug-likeness (QED) is 0.361. The maximum absolute atomic E-state index is 13.1. The molecule has 1 aliphatic heterocycles. The van der Waals surface area contributed by atoms with Crippen LogP contribution in [0.3, 0.4) is 0 Å². The number of carbonyl (C=O) groups is 2. The van der Waals surface area contributed by atoms with Gasteiger partial charge >= 0.3 is 0 Å². The van der Waals surface area contributed by atoms with Crippen LogP contribution in [0.25, 0.3) is 0 Å². The third-order valence-corrected chi connectivity index (χ3v) is 7.52. The fraction of sp³-hybridized carbons (Fsp3) is 0.333. The molecular formula is C24H29N3O5S. The summed E-state index contributed by atoms with van der Waals surface area (Å²) >= 11 is 0. The van der Waals surface area contributed by atoms with Crippen molar-refractivity contribution >= 4 is 28.3 Å². The van der Waals surface area contributed by atoms with Crippen molar-refractivity contribution in [3.8, 4) is 5.75 Å². The average molecular weight is 472 g/mol. The highest BCUT2D eigenvalue weighted by atomic mass is 32.2. The van der Waals surface area contributed by atoms with E-state index < -0.39 is 21.5 Å². The zero-order chi connectivity index (χ0) is 23.8. The predicted octanol–water partition coefficient (Wildman–Crippen LogP) is 2.26. The third-order valence-electron chi connectivity index (χ3n) is 5.50. The molecule has 1 atom stereocenters. The van der Waals surface area contributed by atoms with Gasteiger partial charge in [0.15, 0.2) is 0 Å². The molecule has 176 valence electrons. The number of primary amides is 1. The summed E-state index contributed by atoms with van der Waals surface area (Å²) in [6.45, 7) is 6.96. The molecule has 9 heteroatoms. The highest BCUT2D eigenvalue weighted by Crippen LogP contribution is 2.32. The standard InChI is InChI=1S/C24H29N3O5S/c1-17-5-3-4-6-21(17)27-18(2)22(28)26-13-16-32-19-7-9-20(10-8-19)33(30)24(23(25)29)11-14-31-15-12-24/h3-10,27H,2,11-16H2,1H3,(H2,25,29)(H,26,28). The van der Waals surface area contributed by atoms with Crippen molar-refractivity contribution in [1.29, 1.82) is 0 Å². The Kier molecular flexibility index (Phi) is 8.24. The average Bonchev–Trinajstić information content (AvgIpc) is 2.83. The molecule has 33 heavy (non-hydrogen) atoms. The molecule has 0 saturated carbocycles. The number of ether oxygens (including phenoxy) is 2. The number of rotatable bonds is 10. The molecular weight excluding hydrogens is 442 g/mol. The molecule has 0 bridgehead atoms. The number of nitrogens with one attached hydrogen (secondary N) is 2. The van der Waals surface area contributed by atoms with Crippen molar-refractivity contribution in [2.24, 2.45) is 5.73 Å². The maximum atomic E-state index is 13.1. The first kappa shape index (κ1) is 24.5. The Hall–Kier alpha value is -3.17. The van der Waals surface area contributed by atoms with E-state index >= 15 is 0 Å². The van der Waals surface area contributed by atoms with Crippen molar-refractivity contribution in [2.45, 2.75) is 29.4 Å². The second-order valence-electron chi connectivity index (χ2n) is 7.73. The minimum absolute atomic E-state index is 0.243. The molecule has 1 saturated heterocycles. The lowest BCUT2D eigenvalue weighted by molar-refractivity contribution is -0.122. The molecule has 2 amide bonds. The van der Waals surface area contributed by atoms with Gasteiger partial charge in [-0.3, -0.25) is 13.8 Å². The van der Waals surface area contributed by atoms with Crippen LogP contribution in [-0.4, -0.2) is 47.1 Å². The van der Waals surface area contributed by atoms with Gasteiger partial charge in [-0.15, -0.1) is 0 Å². The van der Waals surface area contributed by atoms with Gasteiger partial charge in [-0.25, -0.2) is 0 Å². The molecule has 2 aromatic carbocycles. The SMILES string of the molecule is C=C(Nc1ccccc1C)C(=O)NCCOc1ccc(S(=O)C2(C(N)=O)CCOCC2)cc1. The van der Waals surface area contributed by atoms with Gasteiger partial charge in [-0.2, -0.15) is 0 Å². The van der Waals surface area contributed by atoms with Gasteiger partial charge in [-0.05, 0) is 55.7 Å². The number of hydrogen-bond acceptors (Lipinski definition) is 6. The number of amides is 2. The minimum atomic E-state index is -1.59. The molecule has 3 rings (SSSR count). The summed E-state index contributed by atoms with van der Waals surface area (Å²) in [6, 6.07) is 14.3. The molecule has 0 radical (unpaired) electrons. The molecule has 8 nitrogen and oxygen atoms in total. The van der Waals surface area contributed by atoms with Crippen LogP contribution in [0, 0.1) is 6.92 Å². The van der Waals surface area contributed by atoms with Gasteiger partial charge in [0.1, 0.15) is 17.1 Å². The maximum Gasteiger partial charge on any atom is 0.267 e. The van der Waals surface area contributed by atoms with E-state index in [9.17, 15) is 13.8 Å². The summed E-state index contributed by atoms with van der Waals surface area (Å²) in [6.07, 6.45) is 0.660. The molecule has 1 aliphatic rings. The fourth-order valence-electron chi connectivity index (χ4n) is 3.48. The van der Waals surface area contributed by atoms with Crippen LogP contribution in [0.15, 0.2) is 65.7 Å². The lowest BCUT2D eigenvalue weighted by Crippen LogP contribution is -2.51. The largest absolute Gasteiger partial charge is 0.492 e. The number of carbonyl (C=O) groups excluding carboxylic acids is 2. The fourth-order valence-corrected chi connectivity index (χ4v) is 5.04. The van der Waals surface area contributed by atoms with Crippen molar-refractivity contribution in [1.82, 2.24) is 5.32 Å². The number of hydrogen-bond donors (Lipinski definition) is 3. The molecule has 2 aromatic rings. The number of para-hydroxylation sites is 1. The Morgan fingerprint density at radius 3 is 2.45 bits per heavy atom. The molecule has 1 fully saturated rings. The van der Waals surface area contributed by atoms with E-state index in [0.29, 0.717) is 36.7 Å². The number of anilines is 1. The summed E-state index contributed by atoms with van der Waals surface area (Å²) in [5, 5.41) is 5.75. The topological polar surface area (TPSA) is 120 Å². The van der Waals surface area contributed by atoms with Gasteiger partial charge in [0.25, 0.3) is 5.91 Å². The van der Waals surface area contributed by atoms with Crippen LogP contribution < -0.4 is 21.1 Å². The second kappa shape index (κ2) is 11.1. The van der Waals surface area contributed by atoms with Gasteiger partial charge in [0.05, 0.1) is 23.0 Å². The van der Waals surface area contributed by atoms with E-state index in [1.807, 2.05) is 31.2 Å². The zero-order valence-corrected chi connectivity index (χ0v) is 19.4. The number of aryl methyl sites for hydroxylation is 1. The summed E-state index contributed by atoms with van der Waals surface area (Å²) in [5.41, 5.74) is 7.67. The normalized spacial score (nSPS) is 15.8. The van der Waals surface area contributed by atoms with Gasteiger partial charge in [0.2, 0.25) is 5.91 Å². The molecule has 0 spiro atoms. The van der Waals surface area contributed by atoms with E-state index in [4.69, 9.17) is 15.2 Å². The van der Waals surface area contributed by atoms with Crippen molar-refractivity contribution in [3.63, 3.8) is 0 Å². The Morgan fingerprint density at radius 1 is 1.15 bits per heavy atom. The van der Waals surface area contributed by atoms with Crippen LogP contribution >= 0.6 is 0 Å². The molecule has 0 aliphatic carbocycles. The monoisotopic (exact) mass is 471 g/mol. The van der Waals surface area contributed by atoms with E-state index in [1.54, 1.807) is 24.3 Å². The number of benzene rings is 2. The zero-order valence-electron chi connectivity index (χ0n) is 18.6. The lowest BCUT2D eigenvalue weighted by atomic mass is 9.98. The van der Waals surface area contributed by atoms with Crippen LogP contribution in [0.2, 0.25) is 0 Å². The minimum Gasteiger partial charge on any atom is -0.492 e. The van der Waals surface area contributed by atoms with E-state index in [-0.39, 0.29) is 24.8 Å². The van der Waals surface area contributed by atoms with Gasteiger partial charge in [-0.1, -0.05) is 24.8 Å². The Bertz CT molecular complexity index is 1030. The summed E-state index contributed by atoms with van der Waals surface area (Å²) in [5.74, 6) is -0.332. The first-order valence-corrected chi connectivity index (χ1v) is 11.8. The van der Waals surface area contributed by atoms with Crippen LogP contribution in [0.4, 0.5) is 5.69 Å². The van der Waals surface area contributed by atoms with Gasteiger partial charge < -0.3 is 25.8 Å². The van der Waals surface area contributed by atoms with Crippen molar-refractivity contribution in [2.75, 3.05) is 31.7 Å². The highest BCUT2D eigenvalue weighted by molar-refractivity contribution is 7.87. The summed E-state index contributed by atoms with van der Waals surface area (Å²) in [4.78, 5) is 24.8. The summed E-state index contributed by atoms with van der Waals surface area (Å²) < 4.78 is 22.9. The van der Waals surface area contributed by atoms with Crippen LogP contribution in [0.5, 0.6) is 5.75 Å². The third kappa shape index (κ3) is 6.00. The molecule has 0 aromatic heterocycles. The molecule has 1 unspecified atom stereocenters. The first-order chi connectivity index (χ1) is 15.8. The predicted molar refractivity (Wildman–Crippen MR) is 127 cm³/mol. The Labute approximate surface area is 196 Å². The highest BCUT2D eigenvalue weighted by Gasteiger charge is 2.45. The smallest absolute Gasteiger partial charge is 0.267 e. The lowest BCUT2D eigenvalue weighted by Gasteiger charge is -2.33. The van der Waals surface area contributed by atoms with E-state index in [0.717, 1.165) is 11.3 Å². The molecule has 4 N–H and O–H groups in total. The second-order valence-corrected chi connectivity index (χ2v) is 9.52. The van der Waals surface area contributed by atoms with Gasteiger partial charge in [0, 0.05) is 23.8 Å². The van der Waals surface area contributed by atoms with E-state index in [2.05, 4.69) is 17.2 Å². The van der Waals surface area contributed by atoms with E-state index in [1.165, 1.54) is 0 Å². The summed E-state index contributed by atoms with van der Waals surface area (Å²) in [7, 11) is -1.59. The van der Waals surface area contributed by atoms with Crippen LogP contribution in [-0.2, 0) is 25.1 Å². The Balaban J connectivity index is 1.47. The van der Waals surface area contributed by atoms with Crippen molar-refractivity contribution < 1.29 is 23.3 Å². The van der Waals surface area contributed by atoms with Crippen LogP contribution in [0.1, 0.15) is 18.4 Å². The Morgan fingerprint density at radius 2 is 1.82 bits per heavy atom. The first-order valence-electron chi connectivity index (χ1n) is 10.7.